The van der Waals surface area contributed by atoms with E-state index < -0.39 is 12.5 Å². The molecule has 1 aromatic carbocycles. The second-order valence-electron chi connectivity index (χ2n) is 2.53. The molecule has 0 spiro atoms. The molecule has 0 saturated heterocycles. The molecule has 0 fully saturated rings. The lowest BCUT2D eigenvalue weighted by molar-refractivity contribution is 0.00607. The van der Waals surface area contributed by atoms with E-state index in [0.717, 1.165) is 6.07 Å². The molecule has 0 amide bonds. The first-order valence-corrected chi connectivity index (χ1v) is 4.26. The average molecular weight is 226 g/mol. The highest BCUT2D eigenvalue weighted by molar-refractivity contribution is 6.33. The fourth-order valence-corrected chi connectivity index (χ4v) is 1.32. The predicted octanol–water partition coefficient (Wildman–Crippen LogP) is 3.04. The van der Waals surface area contributed by atoms with E-state index in [9.17, 15) is 8.78 Å². The number of hydrogen-bond acceptors (Lipinski definition) is 1. The molecule has 0 saturated carbocycles. The molecule has 1 rings (SSSR count). The van der Waals surface area contributed by atoms with Gasteiger partial charge in [-0.1, -0.05) is 23.2 Å². The quantitative estimate of drug-likeness (QED) is 0.823. The van der Waals surface area contributed by atoms with Gasteiger partial charge in [0.15, 0.2) is 0 Å². The van der Waals surface area contributed by atoms with Crippen LogP contribution in [-0.2, 0) is 5.92 Å². The molecule has 0 heterocycles. The van der Waals surface area contributed by atoms with Gasteiger partial charge in [0.25, 0.3) is 5.92 Å². The Labute approximate surface area is 84.4 Å². The molecule has 0 radical (unpaired) electrons. The molecular formula is C8H7Cl2F2N. The highest BCUT2D eigenvalue weighted by Crippen LogP contribution is 2.34. The Morgan fingerprint density at radius 3 is 2.46 bits per heavy atom. The highest BCUT2D eigenvalue weighted by Gasteiger charge is 2.31. The maximum atomic E-state index is 13.1. The monoisotopic (exact) mass is 225 g/mol. The van der Waals surface area contributed by atoms with Crippen LogP contribution in [-0.4, -0.2) is 6.54 Å². The fourth-order valence-electron chi connectivity index (χ4n) is 0.888. The lowest BCUT2D eigenvalue weighted by Crippen LogP contribution is -2.25. The van der Waals surface area contributed by atoms with Gasteiger partial charge in [0.2, 0.25) is 0 Å². The third kappa shape index (κ3) is 2.30. The Morgan fingerprint density at radius 2 is 1.92 bits per heavy atom. The standard InChI is InChI=1S/C8H7Cl2F2N/c9-5-1-2-7(10)6(3-5)8(11,12)4-13/h1-3H,4,13H2. The lowest BCUT2D eigenvalue weighted by Gasteiger charge is -2.15. The van der Waals surface area contributed by atoms with Crippen molar-refractivity contribution < 1.29 is 8.78 Å². The number of halogens is 4. The van der Waals surface area contributed by atoms with Gasteiger partial charge in [0.05, 0.1) is 6.54 Å². The van der Waals surface area contributed by atoms with Gasteiger partial charge in [-0.2, -0.15) is 8.78 Å². The Kier molecular flexibility index (Phi) is 3.11. The zero-order valence-corrected chi connectivity index (χ0v) is 8.04. The second kappa shape index (κ2) is 3.78. The summed E-state index contributed by atoms with van der Waals surface area (Å²) in [5.74, 6) is -3.12. The van der Waals surface area contributed by atoms with Crippen molar-refractivity contribution in [1.29, 1.82) is 0 Å². The van der Waals surface area contributed by atoms with E-state index in [1.54, 1.807) is 0 Å². The summed E-state index contributed by atoms with van der Waals surface area (Å²) in [6.45, 7) is -0.785. The van der Waals surface area contributed by atoms with E-state index in [0.29, 0.717) is 0 Å². The normalized spacial score (nSPS) is 11.8. The van der Waals surface area contributed by atoms with Gasteiger partial charge in [-0.25, -0.2) is 0 Å². The molecule has 0 aliphatic carbocycles. The van der Waals surface area contributed by atoms with Crippen molar-refractivity contribution in [1.82, 2.24) is 0 Å². The van der Waals surface area contributed by atoms with Crippen molar-refractivity contribution in [3.63, 3.8) is 0 Å². The fraction of sp³-hybridized carbons (Fsp3) is 0.250. The van der Waals surface area contributed by atoms with Gasteiger partial charge in [0, 0.05) is 15.6 Å². The minimum absolute atomic E-state index is 0.0279. The first-order chi connectivity index (χ1) is 5.97. The smallest absolute Gasteiger partial charge is 0.286 e. The summed E-state index contributed by atoms with van der Waals surface area (Å²) in [6.07, 6.45) is 0. The molecule has 13 heavy (non-hydrogen) atoms. The topological polar surface area (TPSA) is 26.0 Å². The molecule has 72 valence electrons. The first-order valence-electron chi connectivity index (χ1n) is 3.51. The number of rotatable bonds is 2. The molecule has 0 aromatic heterocycles. The number of nitrogens with two attached hydrogens (primary N) is 1. The minimum atomic E-state index is -3.12. The first kappa shape index (κ1) is 10.7. The summed E-state index contributed by atoms with van der Waals surface area (Å²) in [5, 5.41) is 0.187. The van der Waals surface area contributed by atoms with Crippen LogP contribution in [0.4, 0.5) is 8.78 Å². The van der Waals surface area contributed by atoms with E-state index in [2.05, 4.69) is 0 Å². The minimum Gasteiger partial charge on any atom is -0.325 e. The van der Waals surface area contributed by atoms with Crippen LogP contribution in [0, 0.1) is 0 Å². The summed E-state index contributed by atoms with van der Waals surface area (Å²) in [7, 11) is 0. The summed E-state index contributed by atoms with van der Waals surface area (Å²) in [5.41, 5.74) is 4.58. The van der Waals surface area contributed by atoms with Crippen LogP contribution in [0.1, 0.15) is 5.56 Å². The van der Waals surface area contributed by atoms with Gasteiger partial charge in [-0.15, -0.1) is 0 Å². The Morgan fingerprint density at radius 1 is 1.31 bits per heavy atom. The van der Waals surface area contributed by atoms with Crippen LogP contribution in [0.2, 0.25) is 10.0 Å². The Hall–Kier alpha value is -0.380. The Bertz CT molecular complexity index is 315. The molecule has 0 aliphatic rings. The summed E-state index contributed by atoms with van der Waals surface area (Å²) in [6, 6.07) is 3.89. The summed E-state index contributed by atoms with van der Waals surface area (Å²) < 4.78 is 26.1. The van der Waals surface area contributed by atoms with Gasteiger partial charge in [0.1, 0.15) is 0 Å². The zero-order chi connectivity index (χ0) is 10.1. The van der Waals surface area contributed by atoms with Gasteiger partial charge < -0.3 is 5.73 Å². The zero-order valence-electron chi connectivity index (χ0n) is 6.53. The van der Waals surface area contributed by atoms with Crippen molar-refractivity contribution in [2.24, 2.45) is 5.73 Å². The van der Waals surface area contributed by atoms with Crippen molar-refractivity contribution in [2.45, 2.75) is 5.92 Å². The largest absolute Gasteiger partial charge is 0.325 e. The van der Waals surface area contributed by atoms with Crippen molar-refractivity contribution in [3.05, 3.63) is 33.8 Å². The SMILES string of the molecule is NCC(F)(F)c1cc(Cl)ccc1Cl. The van der Waals surface area contributed by atoms with E-state index in [-0.39, 0.29) is 15.6 Å². The van der Waals surface area contributed by atoms with Crippen molar-refractivity contribution in [2.75, 3.05) is 6.54 Å². The van der Waals surface area contributed by atoms with Crippen LogP contribution >= 0.6 is 23.2 Å². The maximum Gasteiger partial charge on any atom is 0.286 e. The third-order valence-electron chi connectivity index (χ3n) is 1.58. The van der Waals surface area contributed by atoms with Gasteiger partial charge in [-0.3, -0.25) is 0 Å². The van der Waals surface area contributed by atoms with E-state index in [4.69, 9.17) is 28.9 Å². The molecule has 1 nitrogen and oxygen atoms in total. The number of benzene rings is 1. The molecule has 1 aromatic rings. The molecule has 5 heteroatoms. The molecular weight excluding hydrogens is 219 g/mol. The van der Waals surface area contributed by atoms with Crippen LogP contribution in [0.15, 0.2) is 18.2 Å². The molecule has 0 unspecified atom stereocenters. The van der Waals surface area contributed by atoms with E-state index in [1.165, 1.54) is 12.1 Å². The van der Waals surface area contributed by atoms with Crippen LogP contribution < -0.4 is 5.73 Å². The van der Waals surface area contributed by atoms with E-state index >= 15 is 0 Å². The molecule has 0 bridgehead atoms. The highest BCUT2D eigenvalue weighted by atomic mass is 35.5. The summed E-state index contributed by atoms with van der Waals surface area (Å²) >= 11 is 11.1. The van der Waals surface area contributed by atoms with Crippen LogP contribution in [0.5, 0.6) is 0 Å². The average Bonchev–Trinajstić information content (AvgIpc) is 2.09. The van der Waals surface area contributed by atoms with Crippen molar-refractivity contribution >= 4 is 23.2 Å². The van der Waals surface area contributed by atoms with Crippen LogP contribution in [0.3, 0.4) is 0 Å². The molecule has 0 atom stereocenters. The molecule has 2 N–H and O–H groups in total. The summed E-state index contributed by atoms with van der Waals surface area (Å²) in [4.78, 5) is 0. The predicted molar refractivity (Wildman–Crippen MR) is 49.4 cm³/mol. The lowest BCUT2D eigenvalue weighted by atomic mass is 10.1. The number of hydrogen-bond donors (Lipinski definition) is 1. The number of alkyl halides is 2. The van der Waals surface area contributed by atoms with Gasteiger partial charge in [-0.05, 0) is 18.2 Å². The van der Waals surface area contributed by atoms with Crippen LogP contribution in [0.25, 0.3) is 0 Å². The van der Waals surface area contributed by atoms with Crippen molar-refractivity contribution in [3.8, 4) is 0 Å². The van der Waals surface area contributed by atoms with E-state index in [1.807, 2.05) is 0 Å². The third-order valence-corrected chi connectivity index (χ3v) is 2.14. The Balaban J connectivity index is 3.20. The second-order valence-corrected chi connectivity index (χ2v) is 3.38. The maximum absolute atomic E-state index is 13.1. The molecule has 0 aliphatic heterocycles. The van der Waals surface area contributed by atoms with Gasteiger partial charge >= 0.3 is 0 Å².